The van der Waals surface area contributed by atoms with Gasteiger partial charge in [-0.15, -0.1) is 0 Å². The van der Waals surface area contributed by atoms with E-state index in [1.165, 1.54) is 0 Å². The summed E-state index contributed by atoms with van der Waals surface area (Å²) in [5, 5.41) is 2.48. The van der Waals surface area contributed by atoms with Crippen molar-refractivity contribution in [1.29, 1.82) is 0 Å². The minimum Gasteiger partial charge on any atom is -0.352 e. The quantitative estimate of drug-likeness (QED) is 0.436. The third-order valence-corrected chi connectivity index (χ3v) is 1.82. The monoisotopic (exact) mass is 223 g/mol. The number of rotatable bonds is 6. The topological polar surface area (TPSA) is 95.9 Å². The van der Waals surface area contributed by atoms with E-state index in [0.717, 1.165) is 6.08 Å². The van der Waals surface area contributed by atoms with Crippen molar-refractivity contribution in [3.8, 4) is 0 Å². The Bertz CT molecular complexity index is 248. The van der Waals surface area contributed by atoms with Gasteiger partial charge in [0, 0.05) is 6.54 Å². The Morgan fingerprint density at radius 1 is 1.71 bits per heavy atom. The molecule has 0 aliphatic carbocycles. The molecule has 0 heterocycles. The summed E-state index contributed by atoms with van der Waals surface area (Å²) in [6, 6.07) is 0. The lowest BCUT2D eigenvalue weighted by molar-refractivity contribution is -0.116. The molecule has 0 aliphatic rings. The Hall–Kier alpha value is -0.680. The van der Waals surface area contributed by atoms with E-state index in [2.05, 4.69) is 16.4 Å². The fourth-order valence-electron chi connectivity index (χ4n) is 0.630. The summed E-state index contributed by atoms with van der Waals surface area (Å²) in [4.78, 5) is 27.4. The van der Waals surface area contributed by atoms with Gasteiger partial charge in [0.05, 0.1) is 6.61 Å². The van der Waals surface area contributed by atoms with Crippen molar-refractivity contribution in [1.82, 2.24) is 5.32 Å². The molecule has 0 saturated carbocycles. The zero-order valence-corrected chi connectivity index (χ0v) is 8.74. The summed E-state index contributed by atoms with van der Waals surface area (Å²) < 4.78 is 14.5. The summed E-state index contributed by atoms with van der Waals surface area (Å²) in [6.45, 7) is 5.12. The largest absolute Gasteiger partial charge is 0.469 e. The number of nitrogens with one attached hydrogen (secondary N) is 1. The van der Waals surface area contributed by atoms with Crippen molar-refractivity contribution in [3.05, 3.63) is 12.7 Å². The van der Waals surface area contributed by atoms with Gasteiger partial charge in [-0.25, -0.2) is 4.57 Å². The van der Waals surface area contributed by atoms with Gasteiger partial charge in [-0.2, -0.15) is 0 Å². The number of hydrogen-bond donors (Lipinski definition) is 3. The Labute approximate surface area is 82.2 Å². The smallest absolute Gasteiger partial charge is 0.352 e. The molecule has 82 valence electrons. The SMILES string of the molecule is C=CC(=O)NCC(C)COP(=O)(O)O. The molecule has 0 fully saturated rings. The maximum Gasteiger partial charge on any atom is 0.469 e. The Morgan fingerprint density at radius 3 is 2.71 bits per heavy atom. The predicted octanol–water partition coefficient (Wildman–Crippen LogP) is 0.0340. The van der Waals surface area contributed by atoms with Crippen molar-refractivity contribution in [2.24, 2.45) is 5.92 Å². The van der Waals surface area contributed by atoms with Crippen molar-refractivity contribution in [3.63, 3.8) is 0 Å². The van der Waals surface area contributed by atoms with E-state index in [0.29, 0.717) is 0 Å². The van der Waals surface area contributed by atoms with Gasteiger partial charge in [0.1, 0.15) is 0 Å². The molecule has 0 aliphatic heterocycles. The fourth-order valence-corrected chi connectivity index (χ4v) is 1.08. The average Bonchev–Trinajstić information content (AvgIpc) is 2.09. The number of phosphoric acid groups is 1. The molecular weight excluding hydrogens is 209 g/mol. The molecule has 0 rings (SSSR count). The number of hydrogen-bond acceptors (Lipinski definition) is 3. The van der Waals surface area contributed by atoms with Crippen LogP contribution >= 0.6 is 7.82 Å². The van der Waals surface area contributed by atoms with Crippen molar-refractivity contribution in [2.45, 2.75) is 6.92 Å². The first-order chi connectivity index (χ1) is 6.35. The van der Waals surface area contributed by atoms with Crippen LogP contribution in [0.2, 0.25) is 0 Å². The van der Waals surface area contributed by atoms with Gasteiger partial charge in [0.2, 0.25) is 5.91 Å². The van der Waals surface area contributed by atoms with Gasteiger partial charge in [-0.1, -0.05) is 13.5 Å². The van der Waals surface area contributed by atoms with Crippen LogP contribution in [0.3, 0.4) is 0 Å². The van der Waals surface area contributed by atoms with Crippen LogP contribution in [0, 0.1) is 5.92 Å². The first-order valence-corrected chi connectivity index (χ1v) is 5.48. The lowest BCUT2D eigenvalue weighted by Crippen LogP contribution is -2.28. The highest BCUT2D eigenvalue weighted by Crippen LogP contribution is 2.36. The first-order valence-electron chi connectivity index (χ1n) is 3.95. The lowest BCUT2D eigenvalue weighted by Gasteiger charge is -2.12. The first kappa shape index (κ1) is 13.3. The van der Waals surface area contributed by atoms with E-state index in [1.807, 2.05) is 0 Å². The van der Waals surface area contributed by atoms with Crippen LogP contribution in [0.1, 0.15) is 6.92 Å². The third-order valence-electron chi connectivity index (χ3n) is 1.34. The fraction of sp³-hybridized carbons (Fsp3) is 0.571. The number of carbonyl (C=O) groups excluding carboxylic acids is 1. The molecule has 7 heteroatoms. The van der Waals surface area contributed by atoms with Gasteiger partial charge in [0.25, 0.3) is 0 Å². The molecular formula is C7H14NO5P. The maximum absolute atomic E-state index is 10.7. The van der Waals surface area contributed by atoms with Crippen LogP contribution in [-0.4, -0.2) is 28.8 Å². The molecule has 14 heavy (non-hydrogen) atoms. The molecule has 0 aromatic heterocycles. The molecule has 1 unspecified atom stereocenters. The molecule has 0 radical (unpaired) electrons. The van der Waals surface area contributed by atoms with Gasteiger partial charge >= 0.3 is 7.82 Å². The summed E-state index contributed by atoms with van der Waals surface area (Å²) in [6.07, 6.45) is 1.12. The van der Waals surface area contributed by atoms with Crippen LogP contribution in [0.4, 0.5) is 0 Å². The summed E-state index contributed by atoms with van der Waals surface area (Å²) in [5.41, 5.74) is 0. The summed E-state index contributed by atoms with van der Waals surface area (Å²) >= 11 is 0. The predicted molar refractivity (Wildman–Crippen MR) is 50.4 cm³/mol. The second kappa shape index (κ2) is 5.93. The zero-order chi connectivity index (χ0) is 11.2. The normalized spacial score (nSPS) is 13.4. The Morgan fingerprint density at radius 2 is 2.29 bits per heavy atom. The van der Waals surface area contributed by atoms with E-state index in [4.69, 9.17) is 9.79 Å². The van der Waals surface area contributed by atoms with Gasteiger partial charge < -0.3 is 15.1 Å². The summed E-state index contributed by atoms with van der Waals surface area (Å²) in [7, 11) is -4.41. The molecule has 0 bridgehead atoms. The molecule has 1 atom stereocenters. The Balaban J connectivity index is 3.66. The highest BCUT2D eigenvalue weighted by molar-refractivity contribution is 7.46. The van der Waals surface area contributed by atoms with E-state index in [1.54, 1.807) is 6.92 Å². The molecule has 0 aromatic rings. The van der Waals surface area contributed by atoms with E-state index in [-0.39, 0.29) is 25.0 Å². The molecule has 3 N–H and O–H groups in total. The average molecular weight is 223 g/mol. The Kier molecular flexibility index (Phi) is 5.64. The molecule has 1 amide bonds. The van der Waals surface area contributed by atoms with E-state index < -0.39 is 7.82 Å². The van der Waals surface area contributed by atoms with Crippen molar-refractivity contribution < 1.29 is 23.7 Å². The van der Waals surface area contributed by atoms with Crippen LogP contribution in [0.15, 0.2) is 12.7 Å². The van der Waals surface area contributed by atoms with Crippen LogP contribution in [0.25, 0.3) is 0 Å². The van der Waals surface area contributed by atoms with Gasteiger partial charge in [-0.05, 0) is 12.0 Å². The number of carbonyl (C=O) groups is 1. The van der Waals surface area contributed by atoms with Crippen molar-refractivity contribution in [2.75, 3.05) is 13.2 Å². The molecule has 0 aromatic carbocycles. The van der Waals surface area contributed by atoms with Crippen molar-refractivity contribution >= 4 is 13.7 Å². The minimum atomic E-state index is -4.41. The molecule has 0 spiro atoms. The van der Waals surface area contributed by atoms with Crippen LogP contribution < -0.4 is 5.32 Å². The van der Waals surface area contributed by atoms with Crippen LogP contribution in [0.5, 0.6) is 0 Å². The summed E-state index contributed by atoms with van der Waals surface area (Å²) in [5.74, 6) is -0.500. The van der Waals surface area contributed by atoms with Gasteiger partial charge in [-0.3, -0.25) is 9.32 Å². The molecule has 0 saturated heterocycles. The van der Waals surface area contributed by atoms with E-state index >= 15 is 0 Å². The highest BCUT2D eigenvalue weighted by atomic mass is 31.2. The second-order valence-electron chi connectivity index (χ2n) is 2.84. The van der Waals surface area contributed by atoms with Gasteiger partial charge in [0.15, 0.2) is 0 Å². The number of phosphoric ester groups is 1. The highest BCUT2D eigenvalue weighted by Gasteiger charge is 2.15. The standard InChI is InChI=1S/C7H14NO5P/c1-3-7(9)8-4-6(2)5-13-14(10,11)12/h3,6H,1,4-5H2,2H3,(H,8,9)(H2,10,11,12). The minimum absolute atomic E-state index is 0.109. The third kappa shape index (κ3) is 7.94. The lowest BCUT2D eigenvalue weighted by atomic mass is 10.2. The maximum atomic E-state index is 10.7. The van der Waals surface area contributed by atoms with E-state index in [9.17, 15) is 9.36 Å². The van der Waals surface area contributed by atoms with Crippen LogP contribution in [-0.2, 0) is 13.9 Å². The second-order valence-corrected chi connectivity index (χ2v) is 4.08. The zero-order valence-electron chi connectivity index (χ0n) is 7.84. The number of amides is 1. The molecule has 6 nitrogen and oxygen atoms in total.